The molecule has 4 rings (SSSR count). The number of rotatable bonds is 6. The molecule has 14 heteroatoms. The Kier molecular flexibility index (Phi) is 4.63. The number of nitrogen functional groups attached to an aromatic ring is 2. The van der Waals surface area contributed by atoms with Crippen LogP contribution in [0.5, 0.6) is 0 Å². The van der Waals surface area contributed by atoms with Crippen molar-refractivity contribution in [1.82, 2.24) is 40.8 Å². The summed E-state index contributed by atoms with van der Waals surface area (Å²) in [6, 6.07) is 9.27. The van der Waals surface area contributed by atoms with Gasteiger partial charge in [-0.3, -0.25) is 4.79 Å². The van der Waals surface area contributed by atoms with E-state index >= 15 is 0 Å². The second-order valence-corrected chi connectivity index (χ2v) is 5.62. The quantitative estimate of drug-likeness (QED) is 0.285. The third-order valence-corrected chi connectivity index (χ3v) is 3.62. The molecule has 1 amide bonds. The lowest BCUT2D eigenvalue weighted by Gasteiger charge is -2.02. The van der Waals surface area contributed by atoms with Gasteiger partial charge in [-0.15, -0.1) is 5.10 Å². The van der Waals surface area contributed by atoms with Gasteiger partial charge in [-0.2, -0.15) is 5.10 Å². The van der Waals surface area contributed by atoms with Crippen molar-refractivity contribution < 1.29 is 14.1 Å². The van der Waals surface area contributed by atoms with Gasteiger partial charge in [0.15, 0.2) is 28.8 Å². The first-order valence-corrected chi connectivity index (χ1v) is 8.10. The van der Waals surface area contributed by atoms with Crippen LogP contribution in [0.25, 0.3) is 23.0 Å². The van der Waals surface area contributed by atoms with E-state index in [0.29, 0.717) is 0 Å². The SMILES string of the molecule is Nc1nonc1-c1nc(-c2nonc2N)n(CC(=O)N/N=C/c2ccccc2)n1. The van der Waals surface area contributed by atoms with Crippen LogP contribution in [-0.4, -0.2) is 47.5 Å². The van der Waals surface area contributed by atoms with Gasteiger partial charge in [-0.1, -0.05) is 30.3 Å². The van der Waals surface area contributed by atoms with Crippen LogP contribution in [0, 0.1) is 0 Å². The smallest absolute Gasteiger partial charge is 0.261 e. The van der Waals surface area contributed by atoms with Crippen molar-refractivity contribution in [3.63, 3.8) is 0 Å². The minimum absolute atomic E-state index is 0.0168. The van der Waals surface area contributed by atoms with Crippen molar-refractivity contribution in [2.45, 2.75) is 6.54 Å². The maximum absolute atomic E-state index is 12.3. The second kappa shape index (κ2) is 7.55. The summed E-state index contributed by atoms with van der Waals surface area (Å²) in [7, 11) is 0. The molecule has 3 heterocycles. The normalized spacial score (nSPS) is 11.2. The van der Waals surface area contributed by atoms with E-state index in [1.165, 1.54) is 10.9 Å². The molecule has 0 spiro atoms. The number of benzene rings is 1. The standard InChI is InChI=1S/C15H13N11O3/c16-12-10(22-28-24-12)14-19-15(11-13(17)25-29-23-11)26(21-14)7-9(27)20-18-6-8-4-2-1-3-5-8/h1-6H,7H2,(H2,16,24)(H2,17,25)(H,20,27)/b18-6+. The van der Waals surface area contributed by atoms with E-state index in [1.54, 1.807) is 0 Å². The van der Waals surface area contributed by atoms with Crippen molar-refractivity contribution >= 4 is 23.8 Å². The first kappa shape index (κ1) is 17.8. The molecule has 0 saturated carbocycles. The summed E-state index contributed by atoms with van der Waals surface area (Å²) in [6.45, 7) is -0.258. The Morgan fingerprint density at radius 3 is 2.41 bits per heavy atom. The van der Waals surface area contributed by atoms with Gasteiger partial charge < -0.3 is 11.5 Å². The molecule has 0 aliphatic carbocycles. The van der Waals surface area contributed by atoms with Crippen LogP contribution in [0.3, 0.4) is 0 Å². The van der Waals surface area contributed by atoms with Crippen LogP contribution in [0.4, 0.5) is 11.6 Å². The predicted molar refractivity (Wildman–Crippen MR) is 97.6 cm³/mol. The lowest BCUT2D eigenvalue weighted by molar-refractivity contribution is -0.121. The highest BCUT2D eigenvalue weighted by Gasteiger charge is 2.24. The molecular formula is C15H13N11O3. The van der Waals surface area contributed by atoms with Gasteiger partial charge in [0.2, 0.25) is 5.82 Å². The highest BCUT2D eigenvalue weighted by molar-refractivity contribution is 5.82. The number of anilines is 2. The summed E-state index contributed by atoms with van der Waals surface area (Å²) in [4.78, 5) is 16.5. The van der Waals surface area contributed by atoms with Gasteiger partial charge in [0.25, 0.3) is 5.91 Å². The summed E-state index contributed by atoms with van der Waals surface area (Å²) in [5.74, 6) is -0.350. The van der Waals surface area contributed by atoms with Gasteiger partial charge >= 0.3 is 0 Å². The third-order valence-electron chi connectivity index (χ3n) is 3.62. The molecule has 146 valence electrons. The number of nitrogens with one attached hydrogen (secondary N) is 1. The number of nitrogens with two attached hydrogens (primary N) is 2. The molecule has 0 unspecified atom stereocenters. The van der Waals surface area contributed by atoms with E-state index in [4.69, 9.17) is 11.5 Å². The van der Waals surface area contributed by atoms with Crippen LogP contribution in [0.1, 0.15) is 5.56 Å². The summed E-state index contributed by atoms with van der Waals surface area (Å²) in [5.41, 5.74) is 14.8. The topological polar surface area (TPSA) is 202 Å². The number of carbonyl (C=O) groups excluding carboxylic acids is 1. The zero-order valence-corrected chi connectivity index (χ0v) is 14.6. The van der Waals surface area contributed by atoms with Crippen molar-refractivity contribution in [1.29, 1.82) is 0 Å². The number of aromatic nitrogens is 7. The molecule has 5 N–H and O–H groups in total. The van der Waals surface area contributed by atoms with Crippen LogP contribution < -0.4 is 16.9 Å². The highest BCUT2D eigenvalue weighted by atomic mass is 16.6. The molecule has 0 aliphatic rings. The molecule has 4 aromatic rings. The number of nitrogens with zero attached hydrogens (tertiary/aromatic N) is 8. The monoisotopic (exact) mass is 395 g/mol. The molecule has 29 heavy (non-hydrogen) atoms. The number of amides is 1. The zero-order valence-electron chi connectivity index (χ0n) is 14.6. The summed E-state index contributed by atoms with van der Waals surface area (Å²) >= 11 is 0. The van der Waals surface area contributed by atoms with Crippen LogP contribution in [0.15, 0.2) is 44.7 Å². The Hall–Kier alpha value is -4.62. The van der Waals surface area contributed by atoms with Crippen molar-refractivity contribution in [3.05, 3.63) is 35.9 Å². The average molecular weight is 395 g/mol. The second-order valence-electron chi connectivity index (χ2n) is 5.62. The fourth-order valence-corrected chi connectivity index (χ4v) is 2.32. The van der Waals surface area contributed by atoms with E-state index in [-0.39, 0.29) is 41.2 Å². The van der Waals surface area contributed by atoms with E-state index in [1.807, 2.05) is 30.3 Å². The molecular weight excluding hydrogens is 382 g/mol. The molecule has 14 nitrogen and oxygen atoms in total. The Labute approximate surface area is 161 Å². The van der Waals surface area contributed by atoms with Gasteiger partial charge in [0.05, 0.1) is 6.21 Å². The van der Waals surface area contributed by atoms with Crippen molar-refractivity contribution in [2.24, 2.45) is 5.10 Å². The minimum atomic E-state index is -0.476. The fraction of sp³-hybridized carbons (Fsp3) is 0.0667. The van der Waals surface area contributed by atoms with Crippen LogP contribution in [-0.2, 0) is 11.3 Å². The maximum Gasteiger partial charge on any atom is 0.261 e. The summed E-state index contributed by atoms with van der Waals surface area (Å²) in [6.07, 6.45) is 1.51. The number of hydrogen-bond acceptors (Lipinski definition) is 12. The van der Waals surface area contributed by atoms with Crippen LogP contribution >= 0.6 is 0 Å². The summed E-state index contributed by atoms with van der Waals surface area (Å²) in [5, 5.41) is 22.4. The number of hydrazone groups is 1. The van der Waals surface area contributed by atoms with Gasteiger partial charge in [-0.05, 0) is 26.2 Å². The Morgan fingerprint density at radius 1 is 1.07 bits per heavy atom. The molecule has 0 atom stereocenters. The third kappa shape index (κ3) is 3.75. The largest absolute Gasteiger partial charge is 0.379 e. The van der Waals surface area contributed by atoms with E-state index < -0.39 is 5.91 Å². The van der Waals surface area contributed by atoms with E-state index in [0.717, 1.165) is 5.56 Å². The number of carbonyl (C=O) groups is 1. The van der Waals surface area contributed by atoms with Gasteiger partial charge in [0, 0.05) is 0 Å². The Balaban J connectivity index is 1.58. The van der Waals surface area contributed by atoms with Crippen molar-refractivity contribution in [2.75, 3.05) is 11.5 Å². The molecule has 0 aliphatic heterocycles. The first-order valence-electron chi connectivity index (χ1n) is 8.10. The van der Waals surface area contributed by atoms with E-state index in [9.17, 15) is 4.79 Å². The fourth-order valence-electron chi connectivity index (χ4n) is 2.32. The van der Waals surface area contributed by atoms with Gasteiger partial charge in [0.1, 0.15) is 6.54 Å². The molecule has 0 saturated heterocycles. The first-order chi connectivity index (χ1) is 14.1. The Morgan fingerprint density at radius 2 is 1.76 bits per heavy atom. The lowest BCUT2D eigenvalue weighted by atomic mass is 10.2. The highest BCUT2D eigenvalue weighted by Crippen LogP contribution is 2.25. The molecule has 1 aromatic carbocycles. The lowest BCUT2D eigenvalue weighted by Crippen LogP contribution is -2.24. The minimum Gasteiger partial charge on any atom is -0.379 e. The maximum atomic E-state index is 12.3. The average Bonchev–Trinajstić information content (AvgIpc) is 3.42. The Bertz CT molecular complexity index is 1160. The van der Waals surface area contributed by atoms with Gasteiger partial charge in [-0.25, -0.2) is 24.3 Å². The predicted octanol–water partition coefficient (Wildman–Crippen LogP) is -0.307. The summed E-state index contributed by atoms with van der Waals surface area (Å²) < 4.78 is 10.4. The molecule has 0 radical (unpaired) electrons. The van der Waals surface area contributed by atoms with Crippen LogP contribution in [0.2, 0.25) is 0 Å². The molecule has 0 bridgehead atoms. The zero-order chi connectivity index (χ0) is 20.2. The van der Waals surface area contributed by atoms with Crippen molar-refractivity contribution in [3.8, 4) is 23.0 Å². The molecule has 0 fully saturated rings. The number of hydrogen-bond donors (Lipinski definition) is 3. The molecule has 3 aromatic heterocycles. The van der Waals surface area contributed by atoms with E-state index in [2.05, 4.69) is 50.5 Å².